The maximum atomic E-state index is 4.83. The topological polar surface area (TPSA) is 55.1 Å². The predicted octanol–water partition coefficient (Wildman–Crippen LogP) is 4.28. The van der Waals surface area contributed by atoms with Crippen LogP contribution in [0.5, 0.6) is 0 Å². The van der Waals surface area contributed by atoms with Gasteiger partial charge in [-0.1, -0.05) is 60.7 Å². The molecule has 0 bridgehead atoms. The number of hydrogen-bond acceptors (Lipinski definition) is 4. The Morgan fingerprint density at radius 3 is 2.41 bits per heavy atom. The Bertz CT molecular complexity index is 1070. The molecule has 0 radical (unpaired) electrons. The van der Waals surface area contributed by atoms with Gasteiger partial charge in [-0.05, 0) is 31.2 Å². The quantitative estimate of drug-likeness (QED) is 0.593. The SMILES string of the molecule is c1ccc(CNc2c3c(nc4nc(-c5ccccc5)nn24)CCCC3)cc1. The molecule has 2 aromatic carbocycles. The lowest BCUT2D eigenvalue weighted by atomic mass is 9.96. The molecule has 0 atom stereocenters. The highest BCUT2D eigenvalue weighted by Gasteiger charge is 2.21. The van der Waals surface area contributed by atoms with Gasteiger partial charge < -0.3 is 5.32 Å². The van der Waals surface area contributed by atoms with E-state index in [0.29, 0.717) is 11.6 Å². The van der Waals surface area contributed by atoms with Gasteiger partial charge in [-0.15, -0.1) is 5.10 Å². The summed E-state index contributed by atoms with van der Waals surface area (Å²) in [6.45, 7) is 0.757. The number of nitrogens with one attached hydrogen (secondary N) is 1. The molecule has 0 spiro atoms. The minimum atomic E-state index is 0.671. The van der Waals surface area contributed by atoms with E-state index < -0.39 is 0 Å². The van der Waals surface area contributed by atoms with E-state index in [-0.39, 0.29) is 0 Å². The molecule has 1 aliphatic rings. The van der Waals surface area contributed by atoms with Gasteiger partial charge in [0.25, 0.3) is 5.78 Å². The zero-order valence-corrected chi connectivity index (χ0v) is 15.1. The molecular weight excluding hydrogens is 334 g/mol. The second-order valence-corrected chi connectivity index (χ2v) is 6.95. The van der Waals surface area contributed by atoms with Gasteiger partial charge in [0.05, 0.1) is 5.69 Å². The fourth-order valence-electron chi connectivity index (χ4n) is 3.72. The number of nitrogens with zero attached hydrogens (tertiary/aromatic N) is 4. The Kier molecular flexibility index (Phi) is 4.05. The second-order valence-electron chi connectivity index (χ2n) is 6.95. The van der Waals surface area contributed by atoms with Gasteiger partial charge in [-0.25, -0.2) is 4.98 Å². The van der Waals surface area contributed by atoms with E-state index in [1.807, 2.05) is 40.9 Å². The third kappa shape index (κ3) is 3.05. The fourth-order valence-corrected chi connectivity index (χ4v) is 3.72. The molecule has 4 aromatic rings. The highest BCUT2D eigenvalue weighted by Crippen LogP contribution is 2.28. The van der Waals surface area contributed by atoms with E-state index in [2.05, 4.69) is 29.6 Å². The monoisotopic (exact) mass is 355 g/mol. The summed E-state index contributed by atoms with van der Waals surface area (Å²) in [5.74, 6) is 2.42. The van der Waals surface area contributed by atoms with Crippen LogP contribution in [0.25, 0.3) is 17.2 Å². The maximum absolute atomic E-state index is 4.83. The highest BCUT2D eigenvalue weighted by molar-refractivity contribution is 5.60. The molecule has 0 saturated heterocycles. The highest BCUT2D eigenvalue weighted by atomic mass is 15.4. The second kappa shape index (κ2) is 6.83. The zero-order chi connectivity index (χ0) is 18.1. The first-order valence-electron chi connectivity index (χ1n) is 9.50. The molecule has 0 saturated carbocycles. The summed E-state index contributed by atoms with van der Waals surface area (Å²) >= 11 is 0. The molecule has 0 amide bonds. The van der Waals surface area contributed by atoms with E-state index in [1.165, 1.54) is 24.0 Å². The van der Waals surface area contributed by atoms with Crippen LogP contribution < -0.4 is 5.32 Å². The average Bonchev–Trinajstić information content (AvgIpc) is 3.16. The summed E-state index contributed by atoms with van der Waals surface area (Å²) in [6.07, 6.45) is 4.43. The summed E-state index contributed by atoms with van der Waals surface area (Å²) in [5.41, 5.74) is 4.70. The molecule has 0 aliphatic heterocycles. The van der Waals surface area contributed by atoms with Crippen LogP contribution >= 0.6 is 0 Å². The molecule has 5 nitrogen and oxygen atoms in total. The normalized spacial score (nSPS) is 13.5. The van der Waals surface area contributed by atoms with Crippen LogP contribution in [0.15, 0.2) is 60.7 Å². The lowest BCUT2D eigenvalue weighted by molar-refractivity contribution is 0.660. The fraction of sp³-hybridized carbons (Fsp3) is 0.227. The summed E-state index contributed by atoms with van der Waals surface area (Å²) in [7, 11) is 0. The van der Waals surface area contributed by atoms with E-state index >= 15 is 0 Å². The van der Waals surface area contributed by atoms with E-state index in [1.54, 1.807) is 0 Å². The molecule has 5 rings (SSSR count). The number of anilines is 1. The maximum Gasteiger partial charge on any atom is 0.254 e. The van der Waals surface area contributed by atoms with Gasteiger partial charge in [0.2, 0.25) is 0 Å². The molecule has 27 heavy (non-hydrogen) atoms. The van der Waals surface area contributed by atoms with E-state index in [4.69, 9.17) is 15.1 Å². The molecule has 2 heterocycles. The van der Waals surface area contributed by atoms with Crippen molar-refractivity contribution in [2.75, 3.05) is 5.32 Å². The van der Waals surface area contributed by atoms with Crippen LogP contribution in [0.4, 0.5) is 5.82 Å². The van der Waals surface area contributed by atoms with E-state index in [9.17, 15) is 0 Å². The van der Waals surface area contributed by atoms with Crippen LogP contribution in [0.1, 0.15) is 29.7 Å². The summed E-state index contributed by atoms with van der Waals surface area (Å²) < 4.78 is 1.88. The number of hydrogen-bond donors (Lipinski definition) is 1. The molecule has 2 aromatic heterocycles. The van der Waals surface area contributed by atoms with Gasteiger partial charge in [0.15, 0.2) is 5.82 Å². The molecule has 1 N–H and O–H groups in total. The Hall–Kier alpha value is -3.21. The molecule has 5 heteroatoms. The summed E-state index contributed by atoms with van der Waals surface area (Å²) in [5, 5.41) is 8.40. The minimum Gasteiger partial charge on any atom is -0.366 e. The molecule has 0 fully saturated rings. The van der Waals surface area contributed by atoms with Gasteiger partial charge in [-0.3, -0.25) is 0 Å². The average molecular weight is 355 g/mol. The van der Waals surface area contributed by atoms with Gasteiger partial charge in [-0.2, -0.15) is 9.50 Å². The van der Waals surface area contributed by atoms with Crippen LogP contribution in [0.3, 0.4) is 0 Å². The molecular formula is C22H21N5. The smallest absolute Gasteiger partial charge is 0.254 e. The van der Waals surface area contributed by atoms with Crippen molar-refractivity contribution in [2.24, 2.45) is 0 Å². The van der Waals surface area contributed by atoms with Crippen molar-refractivity contribution in [3.63, 3.8) is 0 Å². The zero-order valence-electron chi connectivity index (χ0n) is 15.1. The first-order chi connectivity index (χ1) is 13.4. The van der Waals surface area contributed by atoms with Crippen molar-refractivity contribution >= 4 is 11.6 Å². The van der Waals surface area contributed by atoms with Gasteiger partial charge in [0.1, 0.15) is 5.82 Å². The van der Waals surface area contributed by atoms with Crippen LogP contribution in [0.2, 0.25) is 0 Å². The molecule has 134 valence electrons. The lowest BCUT2D eigenvalue weighted by Crippen LogP contribution is -2.15. The van der Waals surface area contributed by atoms with Crippen molar-refractivity contribution < 1.29 is 0 Å². The molecule has 1 aliphatic carbocycles. The van der Waals surface area contributed by atoms with Crippen molar-refractivity contribution in [3.8, 4) is 11.4 Å². The number of rotatable bonds is 4. The van der Waals surface area contributed by atoms with E-state index in [0.717, 1.165) is 36.5 Å². The van der Waals surface area contributed by atoms with Crippen molar-refractivity contribution in [1.82, 2.24) is 19.6 Å². The third-order valence-electron chi connectivity index (χ3n) is 5.10. The third-order valence-corrected chi connectivity index (χ3v) is 5.10. The number of aryl methyl sites for hydroxylation is 1. The summed E-state index contributed by atoms with van der Waals surface area (Å²) in [4.78, 5) is 9.53. The number of aromatic nitrogens is 4. The van der Waals surface area contributed by atoms with Crippen LogP contribution in [-0.4, -0.2) is 19.6 Å². The largest absolute Gasteiger partial charge is 0.366 e. The van der Waals surface area contributed by atoms with Gasteiger partial charge in [0, 0.05) is 17.7 Å². The van der Waals surface area contributed by atoms with Gasteiger partial charge >= 0.3 is 0 Å². The van der Waals surface area contributed by atoms with Crippen molar-refractivity contribution in [1.29, 1.82) is 0 Å². The predicted molar refractivity (Wildman–Crippen MR) is 107 cm³/mol. The van der Waals surface area contributed by atoms with Crippen LogP contribution in [-0.2, 0) is 19.4 Å². The Balaban J connectivity index is 1.61. The van der Waals surface area contributed by atoms with Crippen LogP contribution in [0, 0.1) is 0 Å². The first-order valence-corrected chi connectivity index (χ1v) is 9.50. The minimum absolute atomic E-state index is 0.671. The molecule has 0 unspecified atom stereocenters. The Morgan fingerprint density at radius 2 is 1.59 bits per heavy atom. The number of benzene rings is 2. The lowest BCUT2D eigenvalue weighted by Gasteiger charge is -2.20. The number of fused-ring (bicyclic) bond motifs is 2. The summed E-state index contributed by atoms with van der Waals surface area (Å²) in [6, 6.07) is 20.5. The first kappa shape index (κ1) is 16.0. The van der Waals surface area contributed by atoms with Crippen molar-refractivity contribution in [2.45, 2.75) is 32.2 Å². The van der Waals surface area contributed by atoms with Crippen molar-refractivity contribution in [3.05, 3.63) is 77.5 Å². The Labute approximate surface area is 158 Å². The Morgan fingerprint density at radius 1 is 0.852 bits per heavy atom. The standard InChI is InChI=1S/C22H21N5/c1-3-9-16(10-4-1)15-23-21-18-13-7-8-14-19(18)24-22-25-20(26-27(21)22)17-11-5-2-6-12-17/h1-6,9-12,23H,7-8,13-15H2.